The van der Waals surface area contributed by atoms with E-state index in [2.05, 4.69) is 21.2 Å². The molecule has 2 rings (SSSR count). The molecule has 1 aromatic heterocycles. The Morgan fingerprint density at radius 2 is 1.92 bits per heavy atom. The van der Waals surface area contributed by atoms with Crippen LogP contribution in [-0.4, -0.2) is 49.3 Å². The smallest absolute Gasteiger partial charge is 0.253 e. The van der Waals surface area contributed by atoms with Crippen LogP contribution in [0.1, 0.15) is 16.1 Å². The second-order valence-corrected chi connectivity index (χ2v) is 6.49. The third-order valence-corrected chi connectivity index (χ3v) is 3.69. The molecule has 0 spiro atoms. The van der Waals surface area contributed by atoms with Crippen LogP contribution in [0, 0.1) is 0 Å². The summed E-state index contributed by atoms with van der Waals surface area (Å²) in [4.78, 5) is 27.4. The van der Waals surface area contributed by atoms with Crippen molar-refractivity contribution >= 4 is 33.4 Å². The van der Waals surface area contributed by atoms with E-state index < -0.39 is 0 Å². The number of hydrogen-bond donors (Lipinski definition) is 1. The molecule has 7 heteroatoms. The molecule has 0 fully saturated rings. The van der Waals surface area contributed by atoms with Crippen LogP contribution >= 0.6 is 15.9 Å². The lowest BCUT2D eigenvalue weighted by Gasteiger charge is -2.15. The highest BCUT2D eigenvalue weighted by Crippen LogP contribution is 2.15. The summed E-state index contributed by atoms with van der Waals surface area (Å²) in [6, 6.07) is 10.6. The Kier molecular flexibility index (Phi) is 6.16. The van der Waals surface area contributed by atoms with Crippen LogP contribution in [0.15, 0.2) is 45.5 Å². The molecule has 0 unspecified atom stereocenters. The molecule has 0 aliphatic carbocycles. The molecule has 0 aliphatic heterocycles. The minimum atomic E-state index is -0.155. The Labute approximate surface area is 149 Å². The molecule has 0 bridgehead atoms. The SMILES string of the molecule is CN(CC(=O)Nc1cccc(C(=O)N(C)C)c1)Cc1ccc(Br)o1. The van der Waals surface area contributed by atoms with Gasteiger partial charge in [-0.3, -0.25) is 14.5 Å². The molecule has 2 aromatic rings. The summed E-state index contributed by atoms with van der Waals surface area (Å²) < 4.78 is 6.08. The molecule has 1 N–H and O–H groups in total. The van der Waals surface area contributed by atoms with E-state index >= 15 is 0 Å². The number of furan rings is 1. The fourth-order valence-electron chi connectivity index (χ4n) is 2.19. The number of likely N-dealkylation sites (N-methyl/N-ethyl adjacent to an activating group) is 1. The number of nitrogens with zero attached hydrogens (tertiary/aromatic N) is 2. The molecule has 0 aliphatic rings. The van der Waals surface area contributed by atoms with Gasteiger partial charge in [0.15, 0.2) is 4.67 Å². The maximum absolute atomic E-state index is 12.1. The zero-order valence-corrected chi connectivity index (χ0v) is 15.5. The van der Waals surface area contributed by atoms with Gasteiger partial charge in [0.25, 0.3) is 5.91 Å². The normalized spacial score (nSPS) is 10.7. The van der Waals surface area contributed by atoms with Gasteiger partial charge in [0, 0.05) is 25.3 Å². The van der Waals surface area contributed by atoms with Crippen LogP contribution in [0.5, 0.6) is 0 Å². The van der Waals surface area contributed by atoms with Gasteiger partial charge in [0.1, 0.15) is 5.76 Å². The summed E-state index contributed by atoms with van der Waals surface area (Å²) in [7, 11) is 5.22. The standard InChI is InChI=1S/C17H20BrN3O3/c1-20(2)17(23)12-5-4-6-13(9-12)19-16(22)11-21(3)10-14-7-8-15(18)24-14/h4-9H,10-11H2,1-3H3,(H,19,22). The maximum Gasteiger partial charge on any atom is 0.253 e. The molecular formula is C17H20BrN3O3. The van der Waals surface area contributed by atoms with Crippen molar-refractivity contribution in [3.05, 3.63) is 52.4 Å². The van der Waals surface area contributed by atoms with Gasteiger partial charge in [-0.25, -0.2) is 0 Å². The lowest BCUT2D eigenvalue weighted by molar-refractivity contribution is -0.117. The van der Waals surface area contributed by atoms with Crippen molar-refractivity contribution in [2.24, 2.45) is 0 Å². The van der Waals surface area contributed by atoms with Crippen LogP contribution in [0.25, 0.3) is 0 Å². The van der Waals surface area contributed by atoms with Gasteiger partial charge in [0.2, 0.25) is 5.91 Å². The number of nitrogens with one attached hydrogen (secondary N) is 1. The van der Waals surface area contributed by atoms with Crippen molar-refractivity contribution in [1.29, 1.82) is 0 Å². The molecule has 2 amide bonds. The summed E-state index contributed by atoms with van der Waals surface area (Å²) in [6.45, 7) is 0.738. The average Bonchev–Trinajstić information content (AvgIpc) is 2.91. The molecule has 0 radical (unpaired) electrons. The number of carbonyl (C=O) groups excluding carboxylic acids is 2. The number of rotatable bonds is 6. The van der Waals surface area contributed by atoms with Crippen LogP contribution in [0.3, 0.4) is 0 Å². The lowest BCUT2D eigenvalue weighted by atomic mass is 10.2. The number of halogens is 1. The van der Waals surface area contributed by atoms with Gasteiger partial charge in [-0.2, -0.15) is 0 Å². The van der Waals surface area contributed by atoms with Gasteiger partial charge in [-0.15, -0.1) is 0 Å². The molecule has 1 heterocycles. The van der Waals surface area contributed by atoms with E-state index in [9.17, 15) is 9.59 Å². The van der Waals surface area contributed by atoms with Crippen molar-refractivity contribution in [3.63, 3.8) is 0 Å². The van der Waals surface area contributed by atoms with E-state index in [0.29, 0.717) is 22.5 Å². The van der Waals surface area contributed by atoms with Gasteiger partial charge in [-0.05, 0) is 53.3 Å². The first-order valence-electron chi connectivity index (χ1n) is 7.39. The molecule has 0 atom stereocenters. The largest absolute Gasteiger partial charge is 0.453 e. The maximum atomic E-state index is 12.1. The molecule has 128 valence electrons. The zero-order valence-electron chi connectivity index (χ0n) is 13.9. The van der Waals surface area contributed by atoms with Gasteiger partial charge in [-0.1, -0.05) is 6.07 Å². The van der Waals surface area contributed by atoms with Gasteiger partial charge in [0.05, 0.1) is 13.1 Å². The predicted octanol–water partition coefficient (Wildman–Crippen LogP) is 2.81. The molecule has 1 aromatic carbocycles. The Bertz CT molecular complexity index is 727. The molecular weight excluding hydrogens is 374 g/mol. The third-order valence-electron chi connectivity index (χ3n) is 3.27. The average molecular weight is 394 g/mol. The summed E-state index contributed by atoms with van der Waals surface area (Å²) in [5.41, 5.74) is 1.13. The van der Waals surface area contributed by atoms with Crippen molar-refractivity contribution in [2.75, 3.05) is 33.0 Å². The number of anilines is 1. The van der Waals surface area contributed by atoms with E-state index in [1.54, 1.807) is 38.4 Å². The fourth-order valence-corrected chi connectivity index (χ4v) is 2.53. The van der Waals surface area contributed by atoms with E-state index in [1.165, 1.54) is 4.90 Å². The first-order valence-corrected chi connectivity index (χ1v) is 8.19. The van der Waals surface area contributed by atoms with Crippen molar-refractivity contribution in [1.82, 2.24) is 9.80 Å². The highest BCUT2D eigenvalue weighted by Gasteiger charge is 2.12. The van der Waals surface area contributed by atoms with Crippen LogP contribution < -0.4 is 5.32 Å². The number of benzene rings is 1. The Morgan fingerprint density at radius 3 is 2.54 bits per heavy atom. The lowest BCUT2D eigenvalue weighted by Crippen LogP contribution is -2.29. The topological polar surface area (TPSA) is 65.8 Å². The Morgan fingerprint density at radius 1 is 1.17 bits per heavy atom. The summed E-state index contributed by atoms with van der Waals surface area (Å²) in [5, 5.41) is 2.81. The second kappa shape index (κ2) is 8.12. The monoisotopic (exact) mass is 393 g/mol. The van der Waals surface area contributed by atoms with E-state index in [4.69, 9.17) is 4.42 Å². The molecule has 24 heavy (non-hydrogen) atoms. The minimum Gasteiger partial charge on any atom is -0.453 e. The Hall–Kier alpha value is -2.12. The van der Waals surface area contributed by atoms with Crippen molar-refractivity contribution in [3.8, 4) is 0 Å². The molecule has 6 nitrogen and oxygen atoms in total. The van der Waals surface area contributed by atoms with Gasteiger partial charge >= 0.3 is 0 Å². The molecule has 0 saturated carbocycles. The Balaban J connectivity index is 1.92. The summed E-state index contributed by atoms with van der Waals surface area (Å²) in [5.74, 6) is 0.514. The van der Waals surface area contributed by atoms with E-state index in [0.717, 1.165) is 5.76 Å². The minimum absolute atomic E-state index is 0.105. The third kappa shape index (κ3) is 5.21. The number of carbonyl (C=O) groups is 2. The quantitative estimate of drug-likeness (QED) is 0.819. The first-order chi connectivity index (χ1) is 11.3. The van der Waals surface area contributed by atoms with E-state index in [1.807, 2.05) is 24.1 Å². The van der Waals surface area contributed by atoms with Gasteiger partial charge < -0.3 is 14.6 Å². The zero-order chi connectivity index (χ0) is 17.7. The first kappa shape index (κ1) is 18.2. The van der Waals surface area contributed by atoms with Crippen LogP contribution in [0.2, 0.25) is 0 Å². The highest BCUT2D eigenvalue weighted by molar-refractivity contribution is 9.10. The summed E-state index contributed by atoms with van der Waals surface area (Å²) in [6.07, 6.45) is 0. The highest BCUT2D eigenvalue weighted by atomic mass is 79.9. The van der Waals surface area contributed by atoms with E-state index in [-0.39, 0.29) is 18.4 Å². The van der Waals surface area contributed by atoms with Crippen molar-refractivity contribution in [2.45, 2.75) is 6.54 Å². The second-order valence-electron chi connectivity index (χ2n) is 5.71. The predicted molar refractivity (Wildman–Crippen MR) is 95.8 cm³/mol. The van der Waals surface area contributed by atoms with Crippen LogP contribution in [-0.2, 0) is 11.3 Å². The van der Waals surface area contributed by atoms with Crippen molar-refractivity contribution < 1.29 is 14.0 Å². The summed E-state index contributed by atoms with van der Waals surface area (Å²) >= 11 is 3.25. The number of hydrogen-bond acceptors (Lipinski definition) is 4. The van der Waals surface area contributed by atoms with Crippen LogP contribution in [0.4, 0.5) is 5.69 Å². The fraction of sp³-hybridized carbons (Fsp3) is 0.294. The number of amides is 2. The molecule has 0 saturated heterocycles.